The number of nitriles is 1. The maximum absolute atomic E-state index is 12.4. The van der Waals surface area contributed by atoms with E-state index in [2.05, 4.69) is 21.4 Å². The molecule has 2 aromatic heterocycles. The van der Waals surface area contributed by atoms with E-state index in [1.165, 1.54) is 0 Å². The quantitative estimate of drug-likeness (QED) is 0.529. The Morgan fingerprint density at radius 1 is 1.09 bits per heavy atom. The van der Waals surface area contributed by atoms with Crippen LogP contribution < -0.4 is 5.32 Å². The van der Waals surface area contributed by atoms with E-state index < -0.39 is 12.1 Å². The molecule has 3 aromatic rings. The van der Waals surface area contributed by atoms with E-state index in [0.717, 1.165) is 22.1 Å². The monoisotopic (exact) mass is 440 g/mol. The summed E-state index contributed by atoms with van der Waals surface area (Å²) in [5, 5.41) is 14.0. The van der Waals surface area contributed by atoms with Gasteiger partial charge in [-0.2, -0.15) is 5.26 Å². The van der Waals surface area contributed by atoms with Gasteiger partial charge in [0.1, 0.15) is 5.76 Å². The van der Waals surface area contributed by atoms with Crippen molar-refractivity contribution in [3.05, 3.63) is 83.3 Å². The Morgan fingerprint density at radius 3 is 2.55 bits per heavy atom. The van der Waals surface area contributed by atoms with Gasteiger partial charge in [0.2, 0.25) is 0 Å². The van der Waals surface area contributed by atoms with Crippen LogP contribution in [-0.4, -0.2) is 22.2 Å². The Morgan fingerprint density at radius 2 is 1.85 bits per heavy atom. The van der Waals surface area contributed by atoms with Gasteiger partial charge in [0.15, 0.2) is 0 Å². The Bertz CT molecular complexity index is 1320. The molecule has 1 aromatic carbocycles. The fraction of sp³-hybridized carbons (Fsp3) is 0.231. The van der Waals surface area contributed by atoms with E-state index in [9.17, 15) is 10.1 Å². The molecule has 4 rings (SSSR count). The first-order valence-corrected chi connectivity index (χ1v) is 10.6. The van der Waals surface area contributed by atoms with Crippen molar-refractivity contribution in [3.8, 4) is 17.2 Å². The molecule has 0 saturated heterocycles. The van der Waals surface area contributed by atoms with E-state index in [4.69, 9.17) is 9.47 Å². The van der Waals surface area contributed by atoms with Gasteiger partial charge in [-0.05, 0) is 44.9 Å². The number of benzene rings is 1. The number of nitrogens with zero attached hydrogens (tertiary/aromatic N) is 3. The minimum Gasteiger partial charge on any atom is -0.431 e. The molecule has 1 N–H and O–H groups in total. The number of hydrogen-bond acceptors (Lipinski definition) is 7. The minimum atomic E-state index is -0.820. The fourth-order valence-corrected chi connectivity index (χ4v) is 3.95. The van der Waals surface area contributed by atoms with Gasteiger partial charge >= 0.3 is 6.16 Å². The number of aromatic nitrogens is 2. The van der Waals surface area contributed by atoms with Crippen molar-refractivity contribution in [1.82, 2.24) is 15.3 Å². The number of ether oxygens (including phenoxy) is 2. The predicted octanol–water partition coefficient (Wildman–Crippen LogP) is 5.57. The van der Waals surface area contributed by atoms with Gasteiger partial charge < -0.3 is 14.8 Å². The SMILES string of the molecule is CC1=C(C#N)C(c2cncc3ncc(-c4ccccc4)cc23)C(OC(=O)OC(C)C)=C(C)N1. The third kappa shape index (κ3) is 4.41. The maximum Gasteiger partial charge on any atom is 0.513 e. The van der Waals surface area contributed by atoms with Crippen molar-refractivity contribution in [2.45, 2.75) is 39.7 Å². The van der Waals surface area contributed by atoms with Crippen molar-refractivity contribution in [2.24, 2.45) is 0 Å². The third-order valence-corrected chi connectivity index (χ3v) is 5.40. The van der Waals surface area contributed by atoms with Crippen molar-refractivity contribution in [3.63, 3.8) is 0 Å². The lowest BCUT2D eigenvalue weighted by molar-refractivity contribution is 0.0500. The van der Waals surface area contributed by atoms with Crippen LogP contribution in [0.4, 0.5) is 4.79 Å². The molecular formula is C26H24N4O3. The molecule has 1 aliphatic heterocycles. The smallest absolute Gasteiger partial charge is 0.431 e. The molecule has 0 aliphatic carbocycles. The van der Waals surface area contributed by atoms with Gasteiger partial charge in [0.05, 0.1) is 41.1 Å². The summed E-state index contributed by atoms with van der Waals surface area (Å²) in [5.74, 6) is -0.331. The molecule has 0 bridgehead atoms. The molecule has 7 heteroatoms. The van der Waals surface area contributed by atoms with Crippen LogP contribution in [0.2, 0.25) is 0 Å². The van der Waals surface area contributed by atoms with E-state index in [-0.39, 0.29) is 6.10 Å². The van der Waals surface area contributed by atoms with E-state index in [0.29, 0.717) is 28.2 Å². The highest BCUT2D eigenvalue weighted by Gasteiger charge is 2.34. The molecule has 0 spiro atoms. The molecule has 0 radical (unpaired) electrons. The second kappa shape index (κ2) is 9.13. The molecule has 166 valence electrons. The highest BCUT2D eigenvalue weighted by Crippen LogP contribution is 2.41. The second-order valence-electron chi connectivity index (χ2n) is 8.10. The molecule has 7 nitrogen and oxygen atoms in total. The standard InChI is InChI=1S/C26H24N4O3/c1-15(2)32-26(31)33-25-17(4)30-16(3)21(11-27)24(25)22-13-28-14-23-20(22)10-19(12-29-23)18-8-6-5-7-9-18/h5-10,12-15,24,30H,1-4H3. The summed E-state index contributed by atoms with van der Waals surface area (Å²) in [6.45, 7) is 7.11. The third-order valence-electron chi connectivity index (χ3n) is 5.40. The summed E-state index contributed by atoms with van der Waals surface area (Å²) >= 11 is 0. The van der Waals surface area contributed by atoms with Crippen LogP contribution in [0.1, 0.15) is 39.2 Å². The normalized spacial score (nSPS) is 15.9. The number of fused-ring (bicyclic) bond motifs is 1. The molecule has 33 heavy (non-hydrogen) atoms. The molecule has 1 atom stereocenters. The maximum atomic E-state index is 12.4. The number of carbonyl (C=O) groups is 1. The van der Waals surface area contributed by atoms with Gasteiger partial charge in [-0.15, -0.1) is 0 Å². The number of rotatable bonds is 4. The minimum absolute atomic E-state index is 0.308. The van der Waals surface area contributed by atoms with Crippen molar-refractivity contribution in [2.75, 3.05) is 0 Å². The Hall–Kier alpha value is -4.18. The van der Waals surface area contributed by atoms with Crippen LogP contribution in [0.5, 0.6) is 0 Å². The van der Waals surface area contributed by atoms with Gasteiger partial charge in [-0.1, -0.05) is 30.3 Å². The average Bonchev–Trinajstić information content (AvgIpc) is 2.80. The van der Waals surface area contributed by atoms with Gasteiger partial charge in [-0.3, -0.25) is 9.97 Å². The van der Waals surface area contributed by atoms with Crippen LogP contribution in [0.15, 0.2) is 77.7 Å². The molecule has 0 saturated carbocycles. The van der Waals surface area contributed by atoms with Crippen LogP contribution >= 0.6 is 0 Å². The summed E-state index contributed by atoms with van der Waals surface area (Å²) < 4.78 is 10.8. The van der Waals surface area contributed by atoms with Gasteiger partial charge in [0.25, 0.3) is 0 Å². The average molecular weight is 441 g/mol. The number of dihydropyridines is 1. The van der Waals surface area contributed by atoms with Crippen molar-refractivity contribution >= 4 is 17.1 Å². The summed E-state index contributed by atoms with van der Waals surface area (Å²) in [6, 6.07) is 14.2. The summed E-state index contributed by atoms with van der Waals surface area (Å²) in [6.07, 6.45) is 4.03. The highest BCUT2D eigenvalue weighted by atomic mass is 16.7. The van der Waals surface area contributed by atoms with Crippen LogP contribution in [0, 0.1) is 11.3 Å². The van der Waals surface area contributed by atoms with Gasteiger partial charge in [-0.25, -0.2) is 4.79 Å². The molecule has 0 fully saturated rings. The zero-order valence-electron chi connectivity index (χ0n) is 18.9. The first kappa shape index (κ1) is 22.0. The molecule has 1 unspecified atom stereocenters. The van der Waals surface area contributed by atoms with Crippen molar-refractivity contribution in [1.29, 1.82) is 5.26 Å². The first-order valence-electron chi connectivity index (χ1n) is 10.6. The summed E-state index contributed by atoms with van der Waals surface area (Å²) in [4.78, 5) is 21.4. The Balaban J connectivity index is 1.89. The number of carbonyl (C=O) groups excluding carboxylic acids is 1. The summed E-state index contributed by atoms with van der Waals surface area (Å²) in [5.41, 5.74) is 5.12. The lowest BCUT2D eigenvalue weighted by Crippen LogP contribution is -2.27. The van der Waals surface area contributed by atoms with Gasteiger partial charge in [0, 0.05) is 29.0 Å². The first-order chi connectivity index (χ1) is 15.9. The molecular weight excluding hydrogens is 416 g/mol. The topological polar surface area (TPSA) is 97.1 Å². The zero-order valence-corrected chi connectivity index (χ0v) is 18.9. The summed E-state index contributed by atoms with van der Waals surface area (Å²) in [7, 11) is 0. The van der Waals surface area contributed by atoms with E-state index >= 15 is 0 Å². The number of pyridine rings is 2. The molecule has 0 amide bonds. The molecule has 1 aliphatic rings. The zero-order chi connectivity index (χ0) is 23.5. The largest absolute Gasteiger partial charge is 0.513 e. The Kier molecular flexibility index (Phi) is 6.09. The van der Waals surface area contributed by atoms with Crippen LogP contribution in [-0.2, 0) is 9.47 Å². The predicted molar refractivity (Wildman–Crippen MR) is 125 cm³/mol. The molecule has 3 heterocycles. The highest BCUT2D eigenvalue weighted by molar-refractivity contribution is 5.87. The van der Waals surface area contributed by atoms with Crippen LogP contribution in [0.25, 0.3) is 22.0 Å². The second-order valence-corrected chi connectivity index (χ2v) is 8.10. The van der Waals surface area contributed by atoms with Crippen LogP contribution in [0.3, 0.4) is 0 Å². The number of nitrogens with one attached hydrogen (secondary N) is 1. The number of hydrogen-bond donors (Lipinski definition) is 1. The number of allylic oxidation sites excluding steroid dienone is 3. The van der Waals surface area contributed by atoms with Crippen molar-refractivity contribution < 1.29 is 14.3 Å². The Labute approximate surface area is 192 Å². The van der Waals surface area contributed by atoms with E-state index in [1.54, 1.807) is 39.4 Å². The lowest BCUT2D eigenvalue weighted by atomic mass is 9.84. The lowest BCUT2D eigenvalue weighted by Gasteiger charge is -2.29. The fourth-order valence-electron chi connectivity index (χ4n) is 3.95. The van der Waals surface area contributed by atoms with E-state index in [1.807, 2.05) is 43.3 Å².